The first-order valence-electron chi connectivity index (χ1n) is 10.0. The molecule has 0 saturated heterocycles. The Morgan fingerprint density at radius 2 is 2.03 bits per heavy atom. The van der Waals surface area contributed by atoms with Gasteiger partial charge in [-0.1, -0.05) is 30.9 Å². The number of nitrogens with zero attached hydrogens (tertiary/aromatic N) is 3. The molecule has 6 heteroatoms. The van der Waals surface area contributed by atoms with Gasteiger partial charge in [0.1, 0.15) is 5.65 Å². The van der Waals surface area contributed by atoms with Crippen LogP contribution in [-0.2, 0) is 0 Å². The van der Waals surface area contributed by atoms with Crippen molar-refractivity contribution < 1.29 is 0 Å². The lowest BCUT2D eigenvalue weighted by Crippen LogP contribution is -1.85. The van der Waals surface area contributed by atoms with E-state index in [0.29, 0.717) is 5.65 Å². The number of pyridine rings is 2. The van der Waals surface area contributed by atoms with E-state index in [1.807, 2.05) is 31.5 Å². The van der Waals surface area contributed by atoms with Crippen molar-refractivity contribution in [2.45, 2.75) is 13.8 Å². The van der Waals surface area contributed by atoms with E-state index < -0.39 is 0 Å². The number of thiophene rings is 1. The third-order valence-corrected chi connectivity index (χ3v) is 6.31. The summed E-state index contributed by atoms with van der Waals surface area (Å²) in [5, 5.41) is 9.62. The number of aromatic nitrogens is 5. The van der Waals surface area contributed by atoms with Crippen LogP contribution in [-0.4, -0.2) is 25.1 Å². The molecule has 0 unspecified atom stereocenters. The summed E-state index contributed by atoms with van der Waals surface area (Å²) in [6.45, 7) is 7.89. The Bertz CT molecular complexity index is 1480. The first-order valence-corrected chi connectivity index (χ1v) is 10.8. The summed E-state index contributed by atoms with van der Waals surface area (Å²) in [6, 6.07) is 10.6. The molecule has 0 fully saturated rings. The second-order valence-corrected chi connectivity index (χ2v) is 8.53. The van der Waals surface area contributed by atoms with E-state index in [2.05, 4.69) is 75.1 Å². The molecule has 5 aromatic rings. The van der Waals surface area contributed by atoms with Crippen LogP contribution in [0.3, 0.4) is 0 Å². The Morgan fingerprint density at radius 1 is 1.13 bits per heavy atom. The van der Waals surface area contributed by atoms with Crippen molar-refractivity contribution in [2.75, 3.05) is 0 Å². The standard InChI is InChI=1S/C25H21N5S/c1-4-6-7-16(5-2)17-12-20-23(29-30-25(20)27-14-17)21-13-19-18(10-11-26-24(19)28-21)22-9-8-15(3)31-22/h4-14H,1H2,2-3H3,(H,26,28)(H,27,29,30)/b7-6-,16-5+. The molecule has 0 aromatic carbocycles. The number of aromatic amines is 2. The van der Waals surface area contributed by atoms with Gasteiger partial charge in [-0.05, 0) is 49.8 Å². The Balaban J connectivity index is 1.65. The minimum Gasteiger partial charge on any atom is -0.338 e. The Hall–Kier alpha value is -3.77. The van der Waals surface area contributed by atoms with Crippen molar-refractivity contribution in [3.63, 3.8) is 0 Å². The zero-order valence-electron chi connectivity index (χ0n) is 17.3. The predicted molar refractivity (Wildman–Crippen MR) is 130 cm³/mol. The van der Waals surface area contributed by atoms with Gasteiger partial charge in [-0.3, -0.25) is 5.10 Å². The van der Waals surface area contributed by atoms with Crippen LogP contribution in [0.1, 0.15) is 17.4 Å². The van der Waals surface area contributed by atoms with Gasteiger partial charge < -0.3 is 4.98 Å². The maximum atomic E-state index is 4.56. The van der Waals surface area contributed by atoms with Crippen LogP contribution in [0.25, 0.3) is 49.5 Å². The highest BCUT2D eigenvalue weighted by Crippen LogP contribution is 2.36. The molecule has 0 aliphatic carbocycles. The summed E-state index contributed by atoms with van der Waals surface area (Å²) >= 11 is 1.79. The molecule has 2 N–H and O–H groups in total. The summed E-state index contributed by atoms with van der Waals surface area (Å²) in [5.74, 6) is 0. The molecule has 0 spiro atoms. The summed E-state index contributed by atoms with van der Waals surface area (Å²) in [4.78, 5) is 15.1. The minimum atomic E-state index is 0.683. The fourth-order valence-electron chi connectivity index (χ4n) is 3.75. The quantitative estimate of drug-likeness (QED) is 0.310. The molecule has 31 heavy (non-hydrogen) atoms. The highest BCUT2D eigenvalue weighted by molar-refractivity contribution is 7.15. The second kappa shape index (κ2) is 7.81. The van der Waals surface area contributed by atoms with E-state index in [1.165, 1.54) is 15.3 Å². The Morgan fingerprint density at radius 3 is 2.81 bits per heavy atom. The first kappa shape index (κ1) is 19.2. The predicted octanol–water partition coefficient (Wildman–Crippen LogP) is 6.68. The Labute approximate surface area is 183 Å². The highest BCUT2D eigenvalue weighted by Gasteiger charge is 2.15. The van der Waals surface area contributed by atoms with Gasteiger partial charge in [0.05, 0.1) is 11.4 Å². The summed E-state index contributed by atoms with van der Waals surface area (Å²) in [6.07, 6.45) is 11.5. The third kappa shape index (κ3) is 3.41. The number of H-pyrrole nitrogens is 2. The van der Waals surface area contributed by atoms with E-state index in [1.54, 1.807) is 17.4 Å². The van der Waals surface area contributed by atoms with E-state index in [4.69, 9.17) is 0 Å². The van der Waals surface area contributed by atoms with Gasteiger partial charge in [-0.2, -0.15) is 5.10 Å². The summed E-state index contributed by atoms with van der Waals surface area (Å²) in [5.41, 5.74) is 6.66. The fourth-order valence-corrected chi connectivity index (χ4v) is 4.66. The summed E-state index contributed by atoms with van der Waals surface area (Å²) < 4.78 is 0. The van der Waals surface area contributed by atoms with Gasteiger partial charge in [0.15, 0.2) is 5.65 Å². The topological polar surface area (TPSA) is 70.2 Å². The molecule has 0 aliphatic heterocycles. The molecule has 0 bridgehead atoms. The van der Waals surface area contributed by atoms with Gasteiger partial charge in [-0.25, -0.2) is 9.97 Å². The molecule has 152 valence electrons. The van der Waals surface area contributed by atoms with Crippen molar-refractivity contribution >= 4 is 39.0 Å². The number of hydrogen-bond acceptors (Lipinski definition) is 4. The molecule has 0 saturated carbocycles. The van der Waals surface area contributed by atoms with Gasteiger partial charge in [0.2, 0.25) is 0 Å². The molecule has 0 amide bonds. The zero-order valence-corrected chi connectivity index (χ0v) is 18.1. The van der Waals surface area contributed by atoms with Crippen LogP contribution < -0.4 is 0 Å². The Kier molecular flexibility index (Phi) is 4.84. The van der Waals surface area contributed by atoms with Crippen molar-refractivity contribution in [3.8, 4) is 21.8 Å². The van der Waals surface area contributed by atoms with E-state index in [-0.39, 0.29) is 0 Å². The number of nitrogens with one attached hydrogen (secondary N) is 2. The SMILES string of the molecule is C=C/C=C\C(=C/C)c1cnc2n[nH]c(-c3cc4c(-c5ccc(C)s5)ccnc4[nH]3)c2c1. The maximum Gasteiger partial charge on any atom is 0.181 e. The van der Waals surface area contributed by atoms with Crippen molar-refractivity contribution in [1.29, 1.82) is 0 Å². The molecule has 5 heterocycles. The summed E-state index contributed by atoms with van der Waals surface area (Å²) in [7, 11) is 0. The van der Waals surface area contributed by atoms with Crippen molar-refractivity contribution in [1.82, 2.24) is 25.1 Å². The van der Waals surface area contributed by atoms with Crippen molar-refractivity contribution in [2.24, 2.45) is 0 Å². The third-order valence-electron chi connectivity index (χ3n) is 5.27. The van der Waals surface area contributed by atoms with Gasteiger partial charge in [0, 0.05) is 44.0 Å². The average Bonchev–Trinajstić information content (AvgIpc) is 3.51. The molecule has 5 rings (SSSR count). The maximum absolute atomic E-state index is 4.56. The van der Waals surface area contributed by atoms with E-state index >= 15 is 0 Å². The molecule has 0 radical (unpaired) electrons. The average molecular weight is 424 g/mol. The van der Waals surface area contributed by atoms with Crippen LogP contribution in [0.15, 0.2) is 73.6 Å². The van der Waals surface area contributed by atoms with E-state index in [0.717, 1.165) is 38.9 Å². The van der Waals surface area contributed by atoms with Gasteiger partial charge in [0.25, 0.3) is 0 Å². The minimum absolute atomic E-state index is 0.683. The van der Waals surface area contributed by atoms with E-state index in [9.17, 15) is 0 Å². The fraction of sp³-hybridized carbons (Fsp3) is 0.0800. The van der Waals surface area contributed by atoms with Crippen LogP contribution >= 0.6 is 11.3 Å². The monoisotopic (exact) mass is 423 g/mol. The number of allylic oxidation sites excluding steroid dienone is 5. The second-order valence-electron chi connectivity index (χ2n) is 7.25. The first-order chi connectivity index (χ1) is 15.2. The largest absolute Gasteiger partial charge is 0.338 e. The lowest BCUT2D eigenvalue weighted by molar-refractivity contribution is 1.10. The molecule has 0 atom stereocenters. The van der Waals surface area contributed by atoms with Crippen LogP contribution in [0.4, 0.5) is 0 Å². The smallest absolute Gasteiger partial charge is 0.181 e. The number of hydrogen-bond donors (Lipinski definition) is 2. The lowest BCUT2D eigenvalue weighted by Gasteiger charge is -2.02. The van der Waals surface area contributed by atoms with Crippen molar-refractivity contribution in [3.05, 3.63) is 84.0 Å². The number of fused-ring (bicyclic) bond motifs is 2. The normalized spacial score (nSPS) is 12.4. The molecular weight excluding hydrogens is 402 g/mol. The molecular formula is C25H21N5S. The number of aryl methyl sites for hydroxylation is 1. The molecule has 0 aliphatic rings. The lowest BCUT2D eigenvalue weighted by atomic mass is 10.0. The van der Waals surface area contributed by atoms with Crippen LogP contribution in [0.2, 0.25) is 0 Å². The zero-order chi connectivity index (χ0) is 21.4. The van der Waals surface area contributed by atoms with Crippen LogP contribution in [0, 0.1) is 6.92 Å². The number of rotatable bonds is 5. The van der Waals surface area contributed by atoms with Gasteiger partial charge >= 0.3 is 0 Å². The van der Waals surface area contributed by atoms with Gasteiger partial charge in [-0.15, -0.1) is 11.3 Å². The molecule has 5 aromatic heterocycles. The highest BCUT2D eigenvalue weighted by atomic mass is 32.1. The van der Waals surface area contributed by atoms with Crippen LogP contribution in [0.5, 0.6) is 0 Å². The molecule has 5 nitrogen and oxygen atoms in total.